The molecule has 0 heterocycles. The number of unbranched alkanes of at least 4 members (excludes halogenated alkanes) is 2. The molecule has 2 heteroatoms. The Bertz CT molecular complexity index is 139. The fraction of sp³-hybridized carbons (Fsp3) is 0.700. The number of allylic oxidation sites excluding steroid dienone is 1. The van der Waals surface area contributed by atoms with E-state index in [1.165, 1.54) is 0 Å². The summed E-state index contributed by atoms with van der Waals surface area (Å²) in [6.07, 6.45) is 4.86. The van der Waals surface area contributed by atoms with Crippen LogP contribution in [-0.4, -0.2) is 12.6 Å². The largest absolute Gasteiger partial charge is 0.465 e. The second-order valence-corrected chi connectivity index (χ2v) is 3.11. The van der Waals surface area contributed by atoms with Crippen LogP contribution >= 0.6 is 0 Å². The van der Waals surface area contributed by atoms with Gasteiger partial charge in [0.2, 0.25) is 0 Å². The maximum absolute atomic E-state index is 10.9. The molecule has 0 fully saturated rings. The SMILES string of the molecule is C=CCCCCOC(=O)C(C)C. The second kappa shape index (κ2) is 6.89. The molecule has 12 heavy (non-hydrogen) atoms. The summed E-state index contributed by atoms with van der Waals surface area (Å²) in [6, 6.07) is 0. The van der Waals surface area contributed by atoms with Gasteiger partial charge in [0, 0.05) is 0 Å². The predicted molar refractivity (Wildman–Crippen MR) is 49.8 cm³/mol. The molecule has 0 atom stereocenters. The summed E-state index contributed by atoms with van der Waals surface area (Å²) in [6.45, 7) is 7.84. The van der Waals surface area contributed by atoms with Gasteiger partial charge in [0.15, 0.2) is 0 Å². The smallest absolute Gasteiger partial charge is 0.308 e. The average molecular weight is 170 g/mol. The second-order valence-electron chi connectivity index (χ2n) is 3.11. The molecule has 0 aromatic heterocycles. The molecule has 0 unspecified atom stereocenters. The Hall–Kier alpha value is -0.790. The monoisotopic (exact) mass is 170 g/mol. The van der Waals surface area contributed by atoms with Crippen molar-refractivity contribution in [2.75, 3.05) is 6.61 Å². The number of hydrogen-bond donors (Lipinski definition) is 0. The third kappa shape index (κ3) is 5.96. The van der Waals surface area contributed by atoms with Crippen molar-refractivity contribution in [3.05, 3.63) is 12.7 Å². The number of hydrogen-bond acceptors (Lipinski definition) is 2. The highest BCUT2D eigenvalue weighted by Crippen LogP contribution is 2.00. The number of carbonyl (C=O) groups is 1. The Labute approximate surface area is 74.6 Å². The van der Waals surface area contributed by atoms with Crippen LogP contribution in [0.25, 0.3) is 0 Å². The van der Waals surface area contributed by atoms with Gasteiger partial charge >= 0.3 is 5.97 Å². The third-order valence-electron chi connectivity index (χ3n) is 1.52. The van der Waals surface area contributed by atoms with E-state index in [0.29, 0.717) is 6.61 Å². The zero-order valence-electron chi connectivity index (χ0n) is 8.01. The van der Waals surface area contributed by atoms with Crippen molar-refractivity contribution in [2.24, 2.45) is 5.92 Å². The molecule has 0 aromatic carbocycles. The van der Waals surface area contributed by atoms with Gasteiger partial charge in [-0.1, -0.05) is 19.9 Å². The van der Waals surface area contributed by atoms with Crippen molar-refractivity contribution in [2.45, 2.75) is 33.1 Å². The van der Waals surface area contributed by atoms with E-state index in [2.05, 4.69) is 6.58 Å². The molecular formula is C10H18O2. The number of esters is 1. The first kappa shape index (κ1) is 11.2. The van der Waals surface area contributed by atoms with Crippen LogP contribution in [0.2, 0.25) is 0 Å². The molecule has 0 amide bonds. The molecule has 0 aliphatic rings. The fourth-order valence-electron chi connectivity index (χ4n) is 0.730. The maximum Gasteiger partial charge on any atom is 0.308 e. The Kier molecular flexibility index (Phi) is 6.44. The van der Waals surface area contributed by atoms with E-state index in [0.717, 1.165) is 19.3 Å². The zero-order chi connectivity index (χ0) is 9.40. The minimum atomic E-state index is -0.103. The van der Waals surface area contributed by atoms with Crippen molar-refractivity contribution in [1.82, 2.24) is 0 Å². The molecule has 0 saturated carbocycles. The molecule has 0 rings (SSSR count). The summed E-state index contributed by atoms with van der Waals surface area (Å²) in [5.41, 5.74) is 0. The van der Waals surface area contributed by atoms with E-state index in [4.69, 9.17) is 4.74 Å². The van der Waals surface area contributed by atoms with Crippen molar-refractivity contribution in [3.63, 3.8) is 0 Å². The minimum Gasteiger partial charge on any atom is -0.465 e. The van der Waals surface area contributed by atoms with Gasteiger partial charge in [-0.2, -0.15) is 0 Å². The molecule has 0 N–H and O–H groups in total. The van der Waals surface area contributed by atoms with Crippen molar-refractivity contribution in [1.29, 1.82) is 0 Å². The first-order chi connectivity index (χ1) is 5.68. The molecule has 70 valence electrons. The highest BCUT2D eigenvalue weighted by molar-refractivity contribution is 5.71. The summed E-state index contributed by atoms with van der Waals surface area (Å²) in [7, 11) is 0. The van der Waals surface area contributed by atoms with E-state index in [-0.39, 0.29) is 11.9 Å². The lowest BCUT2D eigenvalue weighted by atomic mass is 10.2. The molecule has 0 radical (unpaired) electrons. The van der Waals surface area contributed by atoms with Crippen molar-refractivity contribution >= 4 is 5.97 Å². The lowest BCUT2D eigenvalue weighted by molar-refractivity contribution is -0.147. The van der Waals surface area contributed by atoms with Crippen LogP contribution in [0.15, 0.2) is 12.7 Å². The summed E-state index contributed by atoms with van der Waals surface area (Å²) < 4.78 is 4.98. The molecule has 2 nitrogen and oxygen atoms in total. The van der Waals surface area contributed by atoms with Crippen LogP contribution in [0, 0.1) is 5.92 Å². The van der Waals surface area contributed by atoms with Crippen LogP contribution < -0.4 is 0 Å². The first-order valence-electron chi connectivity index (χ1n) is 4.46. The Balaban J connectivity index is 3.19. The Morgan fingerprint density at radius 3 is 2.67 bits per heavy atom. The van der Waals surface area contributed by atoms with Gasteiger partial charge in [0.25, 0.3) is 0 Å². The van der Waals surface area contributed by atoms with E-state index in [9.17, 15) is 4.79 Å². The molecule has 0 spiro atoms. The average Bonchev–Trinajstić information content (AvgIpc) is 2.03. The fourth-order valence-corrected chi connectivity index (χ4v) is 0.730. The predicted octanol–water partition coefficient (Wildman–Crippen LogP) is 2.54. The molecule has 0 aliphatic carbocycles. The lowest BCUT2D eigenvalue weighted by Gasteiger charge is -2.05. The van der Waals surface area contributed by atoms with E-state index in [1.807, 2.05) is 19.9 Å². The van der Waals surface area contributed by atoms with Crippen LogP contribution in [0.3, 0.4) is 0 Å². The molecule has 0 aromatic rings. The third-order valence-corrected chi connectivity index (χ3v) is 1.52. The zero-order valence-corrected chi connectivity index (χ0v) is 8.01. The van der Waals surface area contributed by atoms with Crippen LogP contribution in [-0.2, 0) is 9.53 Å². The van der Waals surface area contributed by atoms with Crippen LogP contribution in [0.4, 0.5) is 0 Å². The summed E-state index contributed by atoms with van der Waals surface area (Å²) >= 11 is 0. The Morgan fingerprint density at radius 2 is 2.17 bits per heavy atom. The van der Waals surface area contributed by atoms with Gasteiger partial charge in [-0.15, -0.1) is 6.58 Å². The Morgan fingerprint density at radius 1 is 1.50 bits per heavy atom. The van der Waals surface area contributed by atoms with Gasteiger partial charge in [0.1, 0.15) is 0 Å². The molecule has 0 saturated heterocycles. The summed E-state index contributed by atoms with van der Waals surface area (Å²) in [5, 5.41) is 0. The van der Waals surface area contributed by atoms with Crippen molar-refractivity contribution < 1.29 is 9.53 Å². The lowest BCUT2D eigenvalue weighted by Crippen LogP contribution is -2.12. The minimum absolute atomic E-state index is 0.00981. The topological polar surface area (TPSA) is 26.3 Å². The van der Waals surface area contributed by atoms with Crippen molar-refractivity contribution in [3.8, 4) is 0 Å². The highest BCUT2D eigenvalue weighted by Gasteiger charge is 2.06. The van der Waals surface area contributed by atoms with Crippen LogP contribution in [0.5, 0.6) is 0 Å². The molecular weight excluding hydrogens is 152 g/mol. The van der Waals surface area contributed by atoms with Crippen LogP contribution in [0.1, 0.15) is 33.1 Å². The van der Waals surface area contributed by atoms with Gasteiger partial charge in [-0.25, -0.2) is 0 Å². The van der Waals surface area contributed by atoms with E-state index < -0.39 is 0 Å². The number of rotatable bonds is 6. The summed E-state index contributed by atoms with van der Waals surface area (Å²) in [5.74, 6) is -0.113. The normalized spacial score (nSPS) is 9.92. The van der Waals surface area contributed by atoms with Gasteiger partial charge < -0.3 is 4.74 Å². The highest BCUT2D eigenvalue weighted by atomic mass is 16.5. The standard InChI is InChI=1S/C10H18O2/c1-4-5-6-7-8-12-10(11)9(2)3/h4,9H,1,5-8H2,2-3H3. The van der Waals surface area contributed by atoms with Gasteiger partial charge in [0.05, 0.1) is 12.5 Å². The summed E-state index contributed by atoms with van der Waals surface area (Å²) in [4.78, 5) is 10.9. The van der Waals surface area contributed by atoms with Gasteiger partial charge in [-0.05, 0) is 19.3 Å². The number of ether oxygens (including phenoxy) is 1. The van der Waals surface area contributed by atoms with E-state index >= 15 is 0 Å². The quantitative estimate of drug-likeness (QED) is 0.348. The molecule has 0 bridgehead atoms. The van der Waals surface area contributed by atoms with Gasteiger partial charge in [-0.3, -0.25) is 4.79 Å². The molecule has 0 aliphatic heterocycles. The first-order valence-corrected chi connectivity index (χ1v) is 4.46. The van der Waals surface area contributed by atoms with E-state index in [1.54, 1.807) is 0 Å². The number of carbonyl (C=O) groups excluding carboxylic acids is 1. The maximum atomic E-state index is 10.9.